The van der Waals surface area contributed by atoms with Gasteiger partial charge >= 0.3 is 0 Å². The second-order valence-electron chi connectivity index (χ2n) is 2.84. The van der Waals surface area contributed by atoms with Crippen LogP contribution in [0.2, 0.25) is 0 Å². The van der Waals surface area contributed by atoms with Crippen molar-refractivity contribution in [1.29, 1.82) is 5.26 Å². The fourth-order valence-corrected chi connectivity index (χ4v) is 1.49. The molecule has 0 fully saturated rings. The average molecular weight is 221 g/mol. The number of rotatable bonds is 5. The molecule has 0 unspecified atom stereocenters. The molecule has 0 atom stereocenters. The Bertz CT molecular complexity index is 367. The number of thioether (sulfide) groups is 1. The number of carbonyl (C=O) groups is 1. The Kier molecular flexibility index (Phi) is 4.72. The number of thiocyanates is 1. The molecule has 3 nitrogen and oxygen atoms in total. The molecule has 0 aliphatic carbocycles. The lowest BCUT2D eigenvalue weighted by molar-refractivity contribution is 0.0989. The van der Waals surface area contributed by atoms with Crippen molar-refractivity contribution in [3.63, 3.8) is 0 Å². The number of methoxy groups -OCH3 is 1. The topological polar surface area (TPSA) is 50.1 Å². The summed E-state index contributed by atoms with van der Waals surface area (Å²) in [6.45, 7) is 0. The van der Waals surface area contributed by atoms with E-state index in [-0.39, 0.29) is 5.78 Å². The quantitative estimate of drug-likeness (QED) is 0.435. The van der Waals surface area contributed by atoms with Crippen LogP contribution in [-0.4, -0.2) is 18.6 Å². The van der Waals surface area contributed by atoms with Crippen molar-refractivity contribution in [2.45, 2.75) is 6.42 Å². The zero-order valence-corrected chi connectivity index (χ0v) is 9.21. The predicted molar refractivity (Wildman–Crippen MR) is 60.0 cm³/mol. The molecular formula is C11H11NO2S. The van der Waals surface area contributed by atoms with Crippen molar-refractivity contribution in [3.8, 4) is 11.2 Å². The average Bonchev–Trinajstić information content (AvgIpc) is 2.29. The molecule has 0 spiro atoms. The maximum Gasteiger partial charge on any atom is 0.163 e. The molecule has 0 bridgehead atoms. The van der Waals surface area contributed by atoms with Crippen molar-refractivity contribution < 1.29 is 9.53 Å². The van der Waals surface area contributed by atoms with Gasteiger partial charge in [-0.05, 0) is 36.0 Å². The first-order valence-corrected chi connectivity index (χ1v) is 5.44. The lowest BCUT2D eigenvalue weighted by Gasteiger charge is -2.01. The predicted octanol–water partition coefficient (Wildman–Crippen LogP) is 2.48. The Morgan fingerprint density at radius 2 is 2.13 bits per heavy atom. The fourth-order valence-electron chi connectivity index (χ4n) is 1.11. The lowest BCUT2D eigenvalue weighted by Crippen LogP contribution is -2.00. The van der Waals surface area contributed by atoms with Gasteiger partial charge in [-0.2, -0.15) is 5.26 Å². The molecule has 0 aliphatic rings. The number of hydrogen-bond acceptors (Lipinski definition) is 4. The third-order valence-corrected chi connectivity index (χ3v) is 2.45. The number of ether oxygens (including phenoxy) is 1. The monoisotopic (exact) mass is 221 g/mol. The van der Waals surface area contributed by atoms with Crippen LogP contribution in [0.4, 0.5) is 0 Å². The first-order chi connectivity index (χ1) is 7.27. The maximum atomic E-state index is 11.6. The van der Waals surface area contributed by atoms with Gasteiger partial charge in [0, 0.05) is 17.7 Å². The smallest absolute Gasteiger partial charge is 0.163 e. The van der Waals surface area contributed by atoms with E-state index in [0.29, 0.717) is 17.7 Å². The van der Waals surface area contributed by atoms with E-state index in [1.165, 1.54) is 0 Å². The number of nitrogens with zero attached hydrogens (tertiary/aromatic N) is 1. The summed E-state index contributed by atoms with van der Waals surface area (Å²) in [5.41, 5.74) is 0.661. The maximum absolute atomic E-state index is 11.6. The molecule has 4 heteroatoms. The number of nitriles is 1. The molecule has 1 aromatic rings. The van der Waals surface area contributed by atoms with E-state index < -0.39 is 0 Å². The third-order valence-electron chi connectivity index (χ3n) is 1.91. The van der Waals surface area contributed by atoms with Gasteiger partial charge in [-0.1, -0.05) is 0 Å². The van der Waals surface area contributed by atoms with Crippen LogP contribution < -0.4 is 4.74 Å². The van der Waals surface area contributed by atoms with E-state index in [9.17, 15) is 4.79 Å². The molecule has 0 aliphatic heterocycles. The largest absolute Gasteiger partial charge is 0.497 e. The Morgan fingerprint density at radius 1 is 1.47 bits per heavy atom. The molecule has 0 saturated heterocycles. The number of carbonyl (C=O) groups excluding carboxylic acids is 1. The highest BCUT2D eigenvalue weighted by Crippen LogP contribution is 2.13. The highest BCUT2D eigenvalue weighted by Gasteiger charge is 2.05. The van der Waals surface area contributed by atoms with Crippen LogP contribution in [-0.2, 0) is 0 Å². The number of ketones is 1. The van der Waals surface area contributed by atoms with Gasteiger partial charge in [0.1, 0.15) is 11.2 Å². The van der Waals surface area contributed by atoms with E-state index in [4.69, 9.17) is 10.00 Å². The van der Waals surface area contributed by atoms with Crippen molar-refractivity contribution in [2.75, 3.05) is 12.9 Å². The summed E-state index contributed by atoms with van der Waals surface area (Å²) in [5.74, 6) is 1.33. The molecule has 0 saturated carbocycles. The van der Waals surface area contributed by atoms with Crippen LogP contribution in [0, 0.1) is 10.7 Å². The molecule has 0 heterocycles. The van der Waals surface area contributed by atoms with Crippen molar-refractivity contribution in [2.24, 2.45) is 0 Å². The van der Waals surface area contributed by atoms with Crippen molar-refractivity contribution in [3.05, 3.63) is 29.8 Å². The van der Waals surface area contributed by atoms with Gasteiger partial charge < -0.3 is 4.74 Å². The van der Waals surface area contributed by atoms with Crippen LogP contribution in [0.15, 0.2) is 24.3 Å². The van der Waals surface area contributed by atoms with Crippen molar-refractivity contribution >= 4 is 17.5 Å². The summed E-state index contributed by atoms with van der Waals surface area (Å²) in [7, 11) is 1.58. The Balaban J connectivity index is 2.55. The molecule has 15 heavy (non-hydrogen) atoms. The molecule has 0 N–H and O–H groups in total. The highest BCUT2D eigenvalue weighted by atomic mass is 32.2. The first kappa shape index (κ1) is 11.6. The number of Topliss-reactive ketones (excluding diaryl/α,β-unsaturated/α-hetero) is 1. The minimum Gasteiger partial charge on any atom is -0.497 e. The Labute approximate surface area is 93.0 Å². The van der Waals surface area contributed by atoms with Crippen LogP contribution >= 0.6 is 11.8 Å². The first-order valence-electron chi connectivity index (χ1n) is 4.46. The Hall–Kier alpha value is -1.47. The lowest BCUT2D eigenvalue weighted by atomic mass is 10.1. The molecule has 0 radical (unpaired) electrons. The van der Waals surface area contributed by atoms with E-state index in [1.807, 2.05) is 5.40 Å². The molecular weight excluding hydrogens is 210 g/mol. The molecule has 1 aromatic carbocycles. The summed E-state index contributed by atoms with van der Waals surface area (Å²) >= 11 is 1.10. The third kappa shape index (κ3) is 3.64. The van der Waals surface area contributed by atoms with Gasteiger partial charge in [0.05, 0.1) is 7.11 Å². The van der Waals surface area contributed by atoms with E-state index in [0.717, 1.165) is 17.5 Å². The minimum absolute atomic E-state index is 0.0559. The fraction of sp³-hybridized carbons (Fsp3) is 0.273. The van der Waals surface area contributed by atoms with Crippen LogP contribution in [0.3, 0.4) is 0 Å². The SMILES string of the molecule is COc1ccc(C(=O)CCSC#N)cc1. The van der Waals surface area contributed by atoms with Gasteiger partial charge in [-0.15, -0.1) is 0 Å². The summed E-state index contributed by atoms with van der Waals surface area (Å²) < 4.78 is 4.99. The molecule has 0 aromatic heterocycles. The second-order valence-corrected chi connectivity index (χ2v) is 3.72. The summed E-state index contributed by atoms with van der Waals surface area (Å²) in [4.78, 5) is 11.6. The number of hydrogen-bond donors (Lipinski definition) is 0. The summed E-state index contributed by atoms with van der Waals surface area (Å²) in [6.07, 6.45) is 0.393. The van der Waals surface area contributed by atoms with E-state index in [2.05, 4.69) is 0 Å². The van der Waals surface area contributed by atoms with Crippen LogP contribution in [0.25, 0.3) is 0 Å². The van der Waals surface area contributed by atoms with Gasteiger partial charge in [-0.3, -0.25) is 4.79 Å². The Morgan fingerprint density at radius 3 is 2.67 bits per heavy atom. The van der Waals surface area contributed by atoms with Gasteiger partial charge in [-0.25, -0.2) is 0 Å². The summed E-state index contributed by atoms with van der Waals surface area (Å²) in [5, 5.41) is 10.2. The van der Waals surface area contributed by atoms with Gasteiger partial charge in [0.2, 0.25) is 0 Å². The highest BCUT2D eigenvalue weighted by molar-refractivity contribution is 8.03. The standard InChI is InChI=1S/C11H11NO2S/c1-14-10-4-2-9(3-5-10)11(13)6-7-15-8-12/h2-5H,6-7H2,1H3. The zero-order valence-electron chi connectivity index (χ0n) is 8.40. The zero-order chi connectivity index (χ0) is 11.1. The number of benzene rings is 1. The molecule has 0 amide bonds. The molecule has 78 valence electrons. The second kappa shape index (κ2) is 6.10. The minimum atomic E-state index is 0.0559. The molecule has 1 rings (SSSR count). The van der Waals surface area contributed by atoms with Gasteiger partial charge in [0.15, 0.2) is 5.78 Å². The van der Waals surface area contributed by atoms with E-state index >= 15 is 0 Å². The summed E-state index contributed by atoms with van der Waals surface area (Å²) in [6, 6.07) is 6.98. The van der Waals surface area contributed by atoms with Gasteiger partial charge in [0.25, 0.3) is 0 Å². The van der Waals surface area contributed by atoms with Crippen LogP contribution in [0.5, 0.6) is 5.75 Å². The van der Waals surface area contributed by atoms with Crippen LogP contribution in [0.1, 0.15) is 16.8 Å². The van der Waals surface area contributed by atoms with E-state index in [1.54, 1.807) is 31.4 Å². The normalized spacial score (nSPS) is 9.33. The van der Waals surface area contributed by atoms with Crippen molar-refractivity contribution in [1.82, 2.24) is 0 Å².